The number of carbonyl (C=O) groups is 1. The molecule has 0 rings (SSSR count). The number of aliphatic carboxylic acids is 1. The second-order valence-electron chi connectivity index (χ2n) is 8.49. The van der Waals surface area contributed by atoms with Crippen LogP contribution in [-0.2, 0) is 9.22 Å². The van der Waals surface area contributed by atoms with E-state index in [1.165, 1.54) is 32.1 Å². The fourth-order valence-corrected chi connectivity index (χ4v) is 6.29. The van der Waals surface area contributed by atoms with Gasteiger partial charge in [0.2, 0.25) is 0 Å². The van der Waals surface area contributed by atoms with E-state index >= 15 is 0 Å². The first-order valence-electron chi connectivity index (χ1n) is 8.87. The first-order chi connectivity index (χ1) is 9.99. The van der Waals surface area contributed by atoms with Crippen LogP contribution in [0, 0.1) is 0 Å². The number of carboxylic acid groups (broad SMARTS) is 1. The highest BCUT2D eigenvalue weighted by Crippen LogP contribution is 2.32. The zero-order valence-corrected chi connectivity index (χ0v) is 17.8. The van der Waals surface area contributed by atoms with Crippen LogP contribution in [0.25, 0.3) is 0 Å². The minimum absolute atomic E-state index is 0.158. The van der Waals surface area contributed by atoms with E-state index in [1.807, 2.05) is 0 Å². The second-order valence-corrected chi connectivity index (χ2v) is 18.3. The molecule has 0 N–H and O–H groups in total. The van der Waals surface area contributed by atoms with Gasteiger partial charge >= 0.3 is 0 Å². The maximum atomic E-state index is 11.7. The molecular formula is C17H37O3Si2-. The Hall–Kier alpha value is -0.136. The quantitative estimate of drug-likeness (QED) is 0.389. The van der Waals surface area contributed by atoms with Crippen LogP contribution in [0.15, 0.2) is 0 Å². The standard InChI is InChI=1S/C17H38O3Si2/c1-8-9-10-11-12-13-14-15(20-22(5,6)7)16(17(18)19)21(2,3)4/h15-16H,8-14H2,1-7H3,(H,18,19)/p-1. The Kier molecular flexibility index (Phi) is 9.82. The van der Waals surface area contributed by atoms with Crippen molar-refractivity contribution in [1.82, 2.24) is 0 Å². The lowest BCUT2D eigenvalue weighted by atomic mass is 10.1. The van der Waals surface area contributed by atoms with Gasteiger partial charge < -0.3 is 14.3 Å². The van der Waals surface area contributed by atoms with E-state index in [4.69, 9.17) is 4.43 Å². The molecule has 0 radical (unpaired) electrons. The van der Waals surface area contributed by atoms with Gasteiger partial charge in [0, 0.05) is 11.5 Å². The molecule has 0 saturated heterocycles. The summed E-state index contributed by atoms with van der Waals surface area (Å²) < 4.78 is 6.27. The van der Waals surface area contributed by atoms with Crippen LogP contribution in [-0.4, -0.2) is 28.5 Å². The molecular weight excluding hydrogens is 308 g/mol. The summed E-state index contributed by atoms with van der Waals surface area (Å²) in [5.41, 5.74) is -0.408. The Morgan fingerprint density at radius 3 is 1.86 bits per heavy atom. The summed E-state index contributed by atoms with van der Waals surface area (Å²) in [6.45, 7) is 14.9. The average molecular weight is 346 g/mol. The predicted octanol–water partition coefficient (Wildman–Crippen LogP) is 4.42. The van der Waals surface area contributed by atoms with Gasteiger partial charge in [-0.1, -0.05) is 65.1 Å². The van der Waals surface area contributed by atoms with E-state index in [2.05, 4.69) is 46.2 Å². The van der Waals surface area contributed by atoms with Crippen molar-refractivity contribution < 1.29 is 14.3 Å². The van der Waals surface area contributed by atoms with Gasteiger partial charge in [-0.2, -0.15) is 0 Å². The molecule has 0 aromatic rings. The average Bonchev–Trinajstić information content (AvgIpc) is 2.29. The minimum atomic E-state index is -1.86. The van der Waals surface area contributed by atoms with Gasteiger partial charge in [0.15, 0.2) is 8.32 Å². The molecule has 0 aromatic carbocycles. The van der Waals surface area contributed by atoms with Crippen molar-refractivity contribution >= 4 is 22.4 Å². The van der Waals surface area contributed by atoms with Crippen molar-refractivity contribution in [1.29, 1.82) is 0 Å². The molecule has 5 heteroatoms. The number of unbranched alkanes of at least 4 members (excludes halogenated alkanes) is 5. The fourth-order valence-electron chi connectivity index (χ4n) is 2.94. The third kappa shape index (κ3) is 9.79. The van der Waals surface area contributed by atoms with Crippen molar-refractivity contribution in [3.05, 3.63) is 0 Å². The Morgan fingerprint density at radius 2 is 1.45 bits per heavy atom. The first kappa shape index (κ1) is 21.9. The minimum Gasteiger partial charge on any atom is -0.550 e. The molecule has 22 heavy (non-hydrogen) atoms. The van der Waals surface area contributed by atoms with Crippen LogP contribution in [0.2, 0.25) is 44.8 Å². The largest absolute Gasteiger partial charge is 0.550 e. The Balaban J connectivity index is 4.71. The molecule has 0 aliphatic heterocycles. The number of hydrogen-bond donors (Lipinski definition) is 0. The van der Waals surface area contributed by atoms with E-state index < -0.39 is 27.9 Å². The first-order valence-corrected chi connectivity index (χ1v) is 15.9. The molecule has 0 spiro atoms. The summed E-state index contributed by atoms with van der Waals surface area (Å²) in [7, 11) is -3.62. The smallest absolute Gasteiger partial charge is 0.184 e. The van der Waals surface area contributed by atoms with E-state index in [9.17, 15) is 9.90 Å². The van der Waals surface area contributed by atoms with E-state index in [0.29, 0.717) is 0 Å². The summed E-state index contributed by atoms with van der Waals surface area (Å²) >= 11 is 0. The SMILES string of the molecule is CCCCCCCCC(O[Si](C)(C)C)C(C(=O)[O-])[Si](C)(C)C. The molecule has 0 heterocycles. The molecule has 0 aliphatic carbocycles. The van der Waals surface area contributed by atoms with Gasteiger partial charge in [-0.25, -0.2) is 0 Å². The lowest BCUT2D eigenvalue weighted by Crippen LogP contribution is -2.50. The van der Waals surface area contributed by atoms with Gasteiger partial charge in [-0.3, -0.25) is 0 Å². The summed E-state index contributed by atoms with van der Waals surface area (Å²) in [6.07, 6.45) is 8.03. The Labute approximate surface area is 140 Å². The van der Waals surface area contributed by atoms with E-state index in [1.54, 1.807) is 0 Å². The second kappa shape index (κ2) is 9.88. The molecule has 3 nitrogen and oxygen atoms in total. The van der Waals surface area contributed by atoms with E-state index in [-0.39, 0.29) is 6.10 Å². The van der Waals surface area contributed by atoms with Gasteiger partial charge in [0.1, 0.15) is 0 Å². The van der Waals surface area contributed by atoms with Gasteiger partial charge in [-0.15, -0.1) is 0 Å². The van der Waals surface area contributed by atoms with Crippen LogP contribution in [0.3, 0.4) is 0 Å². The van der Waals surface area contributed by atoms with Crippen LogP contribution in [0.4, 0.5) is 0 Å². The number of carboxylic acids is 1. The van der Waals surface area contributed by atoms with Crippen molar-refractivity contribution in [2.75, 3.05) is 0 Å². The maximum absolute atomic E-state index is 11.7. The van der Waals surface area contributed by atoms with Crippen LogP contribution in [0.5, 0.6) is 0 Å². The van der Waals surface area contributed by atoms with Crippen LogP contribution < -0.4 is 5.11 Å². The highest BCUT2D eigenvalue weighted by Gasteiger charge is 2.37. The van der Waals surface area contributed by atoms with Crippen molar-refractivity contribution in [2.45, 2.75) is 103 Å². The molecule has 0 aliphatic rings. The lowest BCUT2D eigenvalue weighted by molar-refractivity contribution is -0.307. The zero-order chi connectivity index (χ0) is 17.4. The third-order valence-electron chi connectivity index (χ3n) is 3.91. The maximum Gasteiger partial charge on any atom is 0.184 e. The molecule has 0 bridgehead atoms. The summed E-state index contributed by atoms with van der Waals surface area (Å²) in [6, 6.07) is 0. The number of hydrogen-bond acceptors (Lipinski definition) is 3. The molecule has 0 aromatic heterocycles. The highest BCUT2D eigenvalue weighted by molar-refractivity contribution is 6.80. The summed E-state index contributed by atoms with van der Waals surface area (Å²) in [5.74, 6) is -0.909. The summed E-state index contributed by atoms with van der Waals surface area (Å²) in [4.78, 5) is 11.7. The zero-order valence-electron chi connectivity index (χ0n) is 15.8. The van der Waals surface area contributed by atoms with Gasteiger partial charge in [0.05, 0.1) is 14.2 Å². The molecule has 0 saturated carbocycles. The molecule has 2 unspecified atom stereocenters. The third-order valence-corrected chi connectivity index (χ3v) is 7.39. The number of carbonyl (C=O) groups excluding carboxylic acids is 1. The fraction of sp³-hybridized carbons (Fsp3) is 0.941. The van der Waals surface area contributed by atoms with Crippen LogP contribution in [0.1, 0.15) is 51.9 Å². The monoisotopic (exact) mass is 345 g/mol. The van der Waals surface area contributed by atoms with Crippen molar-refractivity contribution in [3.8, 4) is 0 Å². The molecule has 2 atom stereocenters. The Bertz CT molecular complexity index is 319. The number of rotatable bonds is 12. The van der Waals surface area contributed by atoms with Crippen molar-refractivity contribution in [3.63, 3.8) is 0 Å². The molecule has 0 fully saturated rings. The lowest BCUT2D eigenvalue weighted by Gasteiger charge is -2.39. The molecule has 132 valence electrons. The molecule has 0 amide bonds. The predicted molar refractivity (Wildman–Crippen MR) is 98.3 cm³/mol. The topological polar surface area (TPSA) is 49.4 Å². The van der Waals surface area contributed by atoms with Crippen molar-refractivity contribution in [2.24, 2.45) is 0 Å². The van der Waals surface area contributed by atoms with E-state index in [0.717, 1.165) is 12.8 Å². The van der Waals surface area contributed by atoms with Gasteiger partial charge in [0.25, 0.3) is 0 Å². The van der Waals surface area contributed by atoms with Crippen LogP contribution >= 0.6 is 0 Å². The highest BCUT2D eigenvalue weighted by atomic mass is 28.4. The normalized spacial score (nSPS) is 15.6. The van der Waals surface area contributed by atoms with Gasteiger partial charge in [-0.05, 0) is 26.1 Å². The Morgan fingerprint density at radius 1 is 0.955 bits per heavy atom. The summed E-state index contributed by atoms with van der Waals surface area (Å²) in [5, 5.41) is 11.7.